The lowest BCUT2D eigenvalue weighted by molar-refractivity contribution is 0.414. The topological polar surface area (TPSA) is 35.2 Å². The predicted molar refractivity (Wildman–Crippen MR) is 60.1 cm³/mol. The Morgan fingerprint density at radius 2 is 2.21 bits per heavy atom. The monoisotopic (exact) mass is 213 g/mol. The third-order valence-corrected chi connectivity index (χ3v) is 2.75. The first-order chi connectivity index (χ1) is 6.70. The fraction of sp³-hybridized carbons (Fsp3) is 0.455. The van der Waals surface area contributed by atoms with Crippen molar-refractivity contribution in [2.24, 2.45) is 5.73 Å². The molecular formula is C11H16ClNO. The predicted octanol–water partition coefficient (Wildman–Crippen LogP) is 2.80. The minimum atomic E-state index is 0.377. The highest BCUT2D eigenvalue weighted by Gasteiger charge is 2.11. The van der Waals surface area contributed by atoms with Crippen LogP contribution in [0.2, 0.25) is 5.02 Å². The molecule has 0 saturated carbocycles. The van der Waals surface area contributed by atoms with E-state index in [0.29, 0.717) is 17.5 Å². The summed E-state index contributed by atoms with van der Waals surface area (Å²) in [4.78, 5) is 0. The van der Waals surface area contributed by atoms with Crippen LogP contribution < -0.4 is 10.5 Å². The minimum absolute atomic E-state index is 0.377. The molecule has 0 aliphatic rings. The first kappa shape index (κ1) is 11.3. The van der Waals surface area contributed by atoms with Crippen LogP contribution >= 0.6 is 11.6 Å². The van der Waals surface area contributed by atoms with Gasteiger partial charge in [-0.1, -0.05) is 30.7 Å². The fourth-order valence-electron chi connectivity index (χ4n) is 1.47. The lowest BCUT2D eigenvalue weighted by Crippen LogP contribution is -2.05. The molecule has 2 N–H and O–H groups in total. The van der Waals surface area contributed by atoms with Crippen molar-refractivity contribution >= 4 is 11.6 Å². The summed E-state index contributed by atoms with van der Waals surface area (Å²) in [6.07, 6.45) is 0.937. The highest BCUT2D eigenvalue weighted by atomic mass is 35.5. The molecule has 1 atom stereocenters. The molecule has 0 radical (unpaired) electrons. The van der Waals surface area contributed by atoms with Crippen LogP contribution in [0.25, 0.3) is 0 Å². The second-order valence-corrected chi connectivity index (χ2v) is 3.72. The van der Waals surface area contributed by atoms with Gasteiger partial charge in [0.25, 0.3) is 0 Å². The van der Waals surface area contributed by atoms with Gasteiger partial charge in [-0.3, -0.25) is 0 Å². The van der Waals surface area contributed by atoms with Crippen molar-refractivity contribution in [3.8, 4) is 5.75 Å². The van der Waals surface area contributed by atoms with Crippen molar-refractivity contribution in [2.75, 3.05) is 13.7 Å². The molecule has 1 aromatic rings. The second kappa shape index (κ2) is 5.23. The normalized spacial score (nSPS) is 12.6. The van der Waals surface area contributed by atoms with Crippen LogP contribution in [0.15, 0.2) is 18.2 Å². The third kappa shape index (κ3) is 2.40. The van der Waals surface area contributed by atoms with Crippen LogP contribution in [0.3, 0.4) is 0 Å². The third-order valence-electron chi connectivity index (χ3n) is 2.34. The summed E-state index contributed by atoms with van der Waals surface area (Å²) < 4.78 is 5.15. The number of halogens is 1. The van der Waals surface area contributed by atoms with Gasteiger partial charge in [0, 0.05) is 0 Å². The largest absolute Gasteiger partial charge is 0.495 e. The van der Waals surface area contributed by atoms with Crippen molar-refractivity contribution in [2.45, 2.75) is 19.3 Å². The minimum Gasteiger partial charge on any atom is -0.495 e. The standard InChI is InChI=1S/C11H16ClNO/c1-8(6-7-13)9-4-3-5-10(14-2)11(9)12/h3-5,8H,6-7,13H2,1-2H3. The Balaban J connectivity index is 2.96. The van der Waals surface area contributed by atoms with E-state index in [9.17, 15) is 0 Å². The molecule has 0 saturated heterocycles. The van der Waals surface area contributed by atoms with Gasteiger partial charge in [0.1, 0.15) is 5.75 Å². The zero-order chi connectivity index (χ0) is 10.6. The summed E-state index contributed by atoms with van der Waals surface area (Å²) in [5.41, 5.74) is 6.62. The fourth-order valence-corrected chi connectivity index (χ4v) is 1.86. The SMILES string of the molecule is COc1cccc(C(C)CCN)c1Cl. The Labute approximate surface area is 90.0 Å². The van der Waals surface area contributed by atoms with Crippen LogP contribution in [0.5, 0.6) is 5.75 Å². The average molecular weight is 214 g/mol. The van der Waals surface area contributed by atoms with E-state index in [1.54, 1.807) is 7.11 Å². The molecule has 0 fully saturated rings. The molecule has 1 aromatic carbocycles. The molecule has 3 heteroatoms. The van der Waals surface area contributed by atoms with E-state index in [1.807, 2.05) is 18.2 Å². The molecule has 14 heavy (non-hydrogen) atoms. The molecule has 0 spiro atoms. The number of benzene rings is 1. The number of hydrogen-bond acceptors (Lipinski definition) is 2. The maximum atomic E-state index is 6.17. The highest BCUT2D eigenvalue weighted by Crippen LogP contribution is 2.33. The van der Waals surface area contributed by atoms with Crippen molar-refractivity contribution in [1.29, 1.82) is 0 Å². The van der Waals surface area contributed by atoms with Crippen molar-refractivity contribution in [3.05, 3.63) is 28.8 Å². The van der Waals surface area contributed by atoms with Gasteiger partial charge in [-0.05, 0) is 30.5 Å². The number of methoxy groups -OCH3 is 1. The van der Waals surface area contributed by atoms with Gasteiger partial charge in [-0.2, -0.15) is 0 Å². The molecule has 0 aliphatic carbocycles. The first-order valence-electron chi connectivity index (χ1n) is 4.73. The molecule has 78 valence electrons. The lowest BCUT2D eigenvalue weighted by atomic mass is 9.97. The molecular weight excluding hydrogens is 198 g/mol. The maximum Gasteiger partial charge on any atom is 0.137 e. The van der Waals surface area contributed by atoms with Crippen LogP contribution in [-0.4, -0.2) is 13.7 Å². The summed E-state index contributed by atoms with van der Waals surface area (Å²) in [6, 6.07) is 5.83. The van der Waals surface area contributed by atoms with E-state index < -0.39 is 0 Å². The van der Waals surface area contributed by atoms with Gasteiger partial charge in [0.2, 0.25) is 0 Å². The molecule has 0 aliphatic heterocycles. The van der Waals surface area contributed by atoms with Gasteiger partial charge in [0.15, 0.2) is 0 Å². The van der Waals surface area contributed by atoms with Gasteiger partial charge >= 0.3 is 0 Å². The zero-order valence-corrected chi connectivity index (χ0v) is 9.34. The summed E-state index contributed by atoms with van der Waals surface area (Å²) in [6.45, 7) is 2.79. The van der Waals surface area contributed by atoms with E-state index in [1.165, 1.54) is 0 Å². The van der Waals surface area contributed by atoms with Crippen LogP contribution in [0, 0.1) is 0 Å². The maximum absolute atomic E-state index is 6.17. The Morgan fingerprint density at radius 3 is 2.79 bits per heavy atom. The number of rotatable bonds is 4. The Kier molecular flexibility index (Phi) is 4.23. The van der Waals surface area contributed by atoms with Crippen molar-refractivity contribution in [3.63, 3.8) is 0 Å². The Bertz CT molecular complexity index is 301. The van der Waals surface area contributed by atoms with Gasteiger partial charge in [-0.25, -0.2) is 0 Å². The molecule has 0 aromatic heterocycles. The molecule has 0 amide bonds. The average Bonchev–Trinajstić information content (AvgIpc) is 2.18. The van der Waals surface area contributed by atoms with Crippen LogP contribution in [0.4, 0.5) is 0 Å². The Hall–Kier alpha value is -0.730. The summed E-state index contributed by atoms with van der Waals surface area (Å²) in [7, 11) is 1.62. The number of nitrogens with two attached hydrogens (primary N) is 1. The quantitative estimate of drug-likeness (QED) is 0.835. The lowest BCUT2D eigenvalue weighted by Gasteiger charge is -2.14. The van der Waals surface area contributed by atoms with E-state index in [4.69, 9.17) is 22.1 Å². The molecule has 1 unspecified atom stereocenters. The molecule has 2 nitrogen and oxygen atoms in total. The molecule has 0 heterocycles. The van der Waals surface area contributed by atoms with Crippen molar-refractivity contribution < 1.29 is 4.74 Å². The first-order valence-corrected chi connectivity index (χ1v) is 5.11. The second-order valence-electron chi connectivity index (χ2n) is 3.34. The summed E-state index contributed by atoms with van der Waals surface area (Å²) in [5.74, 6) is 1.11. The van der Waals surface area contributed by atoms with Crippen molar-refractivity contribution in [1.82, 2.24) is 0 Å². The molecule has 1 rings (SSSR count). The summed E-state index contributed by atoms with van der Waals surface area (Å²) >= 11 is 6.17. The smallest absolute Gasteiger partial charge is 0.137 e. The Morgan fingerprint density at radius 1 is 1.50 bits per heavy atom. The summed E-state index contributed by atoms with van der Waals surface area (Å²) in [5, 5.41) is 0.705. The number of hydrogen-bond donors (Lipinski definition) is 1. The van der Waals surface area contributed by atoms with Gasteiger partial charge in [-0.15, -0.1) is 0 Å². The van der Waals surface area contributed by atoms with Crippen LogP contribution in [0.1, 0.15) is 24.8 Å². The zero-order valence-electron chi connectivity index (χ0n) is 8.59. The van der Waals surface area contributed by atoms with Gasteiger partial charge in [0.05, 0.1) is 12.1 Å². The van der Waals surface area contributed by atoms with Gasteiger partial charge < -0.3 is 10.5 Å². The van der Waals surface area contributed by atoms with E-state index in [0.717, 1.165) is 17.7 Å². The van der Waals surface area contributed by atoms with E-state index >= 15 is 0 Å². The van der Waals surface area contributed by atoms with E-state index in [-0.39, 0.29) is 0 Å². The highest BCUT2D eigenvalue weighted by molar-refractivity contribution is 6.32. The van der Waals surface area contributed by atoms with Crippen LogP contribution in [-0.2, 0) is 0 Å². The van der Waals surface area contributed by atoms with E-state index in [2.05, 4.69) is 6.92 Å². The molecule has 0 bridgehead atoms. The number of ether oxygens (including phenoxy) is 1.